The fraction of sp³-hybridized carbons (Fsp3) is 0.167. The number of aryl methyl sites for hydroxylation is 1. The summed E-state index contributed by atoms with van der Waals surface area (Å²) in [6, 6.07) is 6.78. The zero-order valence-corrected chi connectivity index (χ0v) is 11.3. The molecule has 18 heavy (non-hydrogen) atoms. The lowest BCUT2D eigenvalue weighted by molar-refractivity contribution is 0.0593. The molecular formula is C12H10Cl2N2O2. The third kappa shape index (κ3) is 2.35. The van der Waals surface area contributed by atoms with E-state index in [9.17, 15) is 4.79 Å². The number of methoxy groups -OCH3 is 1. The summed E-state index contributed by atoms with van der Waals surface area (Å²) in [4.78, 5) is 11.4. The van der Waals surface area contributed by atoms with Crippen LogP contribution in [0.3, 0.4) is 0 Å². The second kappa shape index (κ2) is 5.00. The molecule has 0 radical (unpaired) electrons. The standard InChI is InChI=1S/C12H10Cl2N2O2/c1-16-11(6-10(15-16)12(17)18-2)8-4-3-7(13)5-9(8)14/h3-6H,1-2H3. The minimum Gasteiger partial charge on any atom is -0.464 e. The Labute approximate surface area is 114 Å². The van der Waals surface area contributed by atoms with Crippen LogP contribution in [0.25, 0.3) is 11.3 Å². The van der Waals surface area contributed by atoms with Gasteiger partial charge in [0.1, 0.15) is 0 Å². The summed E-state index contributed by atoms with van der Waals surface area (Å²) in [7, 11) is 3.04. The number of aromatic nitrogens is 2. The molecule has 0 spiro atoms. The van der Waals surface area contributed by atoms with E-state index in [2.05, 4.69) is 9.84 Å². The van der Waals surface area contributed by atoms with Crippen LogP contribution in [0.2, 0.25) is 10.0 Å². The van der Waals surface area contributed by atoms with E-state index in [1.54, 1.807) is 36.0 Å². The molecule has 0 atom stereocenters. The summed E-state index contributed by atoms with van der Waals surface area (Å²) < 4.78 is 6.19. The van der Waals surface area contributed by atoms with Gasteiger partial charge in [-0.05, 0) is 24.3 Å². The van der Waals surface area contributed by atoms with Crippen molar-refractivity contribution in [2.45, 2.75) is 0 Å². The highest BCUT2D eigenvalue weighted by Gasteiger charge is 2.15. The number of halogens is 2. The first kappa shape index (κ1) is 12.9. The lowest BCUT2D eigenvalue weighted by Gasteiger charge is -2.04. The molecule has 0 aliphatic rings. The van der Waals surface area contributed by atoms with E-state index in [-0.39, 0.29) is 5.69 Å². The first-order valence-electron chi connectivity index (χ1n) is 5.10. The van der Waals surface area contributed by atoms with Gasteiger partial charge in [-0.2, -0.15) is 5.10 Å². The first-order valence-corrected chi connectivity index (χ1v) is 5.86. The molecule has 0 unspecified atom stereocenters. The molecule has 0 bridgehead atoms. The molecule has 6 heteroatoms. The van der Waals surface area contributed by atoms with Crippen LogP contribution in [-0.2, 0) is 11.8 Å². The molecule has 1 heterocycles. The number of ether oxygens (including phenoxy) is 1. The SMILES string of the molecule is COC(=O)c1cc(-c2ccc(Cl)cc2Cl)n(C)n1. The predicted molar refractivity (Wildman–Crippen MR) is 70.0 cm³/mol. The van der Waals surface area contributed by atoms with Crippen LogP contribution < -0.4 is 0 Å². The van der Waals surface area contributed by atoms with Gasteiger partial charge < -0.3 is 4.74 Å². The van der Waals surface area contributed by atoms with Crippen molar-refractivity contribution < 1.29 is 9.53 Å². The molecular weight excluding hydrogens is 275 g/mol. The van der Waals surface area contributed by atoms with Crippen LogP contribution in [-0.4, -0.2) is 22.9 Å². The van der Waals surface area contributed by atoms with Gasteiger partial charge in [0.15, 0.2) is 5.69 Å². The molecule has 4 nitrogen and oxygen atoms in total. The van der Waals surface area contributed by atoms with Gasteiger partial charge in [-0.15, -0.1) is 0 Å². The second-order valence-electron chi connectivity index (χ2n) is 3.65. The highest BCUT2D eigenvalue weighted by atomic mass is 35.5. The number of nitrogens with zero attached hydrogens (tertiary/aromatic N) is 2. The Morgan fingerprint density at radius 1 is 1.33 bits per heavy atom. The number of hydrogen-bond donors (Lipinski definition) is 0. The topological polar surface area (TPSA) is 44.1 Å². The van der Waals surface area contributed by atoms with Crippen molar-refractivity contribution in [1.82, 2.24) is 9.78 Å². The summed E-state index contributed by atoms with van der Waals surface area (Å²) in [5.41, 5.74) is 1.71. The Morgan fingerprint density at radius 3 is 2.67 bits per heavy atom. The maximum absolute atomic E-state index is 11.4. The van der Waals surface area contributed by atoms with Crippen LogP contribution in [0.1, 0.15) is 10.5 Å². The van der Waals surface area contributed by atoms with Crippen molar-refractivity contribution in [2.24, 2.45) is 7.05 Å². The number of carbonyl (C=O) groups is 1. The molecule has 1 aromatic heterocycles. The van der Waals surface area contributed by atoms with Crippen LogP contribution in [0, 0.1) is 0 Å². The zero-order valence-electron chi connectivity index (χ0n) is 9.78. The summed E-state index contributed by atoms with van der Waals surface area (Å²) in [5, 5.41) is 5.13. The largest absolute Gasteiger partial charge is 0.464 e. The molecule has 2 aromatic rings. The van der Waals surface area contributed by atoms with E-state index in [0.29, 0.717) is 10.0 Å². The van der Waals surface area contributed by atoms with Gasteiger partial charge in [0.25, 0.3) is 0 Å². The normalized spacial score (nSPS) is 10.4. The minimum atomic E-state index is -0.484. The highest BCUT2D eigenvalue weighted by molar-refractivity contribution is 6.36. The lowest BCUT2D eigenvalue weighted by atomic mass is 10.1. The molecule has 0 aliphatic carbocycles. The molecule has 0 saturated carbocycles. The average Bonchev–Trinajstić information content (AvgIpc) is 2.70. The monoisotopic (exact) mass is 284 g/mol. The predicted octanol–water partition coefficient (Wildman–Crippen LogP) is 3.18. The summed E-state index contributed by atoms with van der Waals surface area (Å²) in [6.45, 7) is 0. The van der Waals surface area contributed by atoms with Crippen LogP contribution in [0.15, 0.2) is 24.3 Å². The van der Waals surface area contributed by atoms with Gasteiger partial charge in [0.05, 0.1) is 17.8 Å². The lowest BCUT2D eigenvalue weighted by Crippen LogP contribution is -2.02. The minimum absolute atomic E-state index is 0.237. The van der Waals surface area contributed by atoms with Crippen molar-refractivity contribution >= 4 is 29.2 Å². The number of esters is 1. The quantitative estimate of drug-likeness (QED) is 0.796. The van der Waals surface area contributed by atoms with E-state index in [0.717, 1.165) is 11.3 Å². The van der Waals surface area contributed by atoms with Crippen LogP contribution in [0.4, 0.5) is 0 Å². The van der Waals surface area contributed by atoms with Gasteiger partial charge in [-0.1, -0.05) is 23.2 Å². The molecule has 0 fully saturated rings. The van der Waals surface area contributed by atoms with Crippen molar-refractivity contribution in [2.75, 3.05) is 7.11 Å². The molecule has 0 amide bonds. The molecule has 1 aromatic carbocycles. The molecule has 94 valence electrons. The summed E-state index contributed by atoms with van der Waals surface area (Å²) >= 11 is 12.0. The Kier molecular flexibility index (Phi) is 3.59. The number of benzene rings is 1. The molecule has 2 rings (SSSR count). The number of carbonyl (C=O) groups excluding carboxylic acids is 1. The Bertz CT molecular complexity index is 608. The van der Waals surface area contributed by atoms with Gasteiger partial charge in [0.2, 0.25) is 0 Å². The third-order valence-electron chi connectivity index (χ3n) is 2.48. The van der Waals surface area contributed by atoms with E-state index in [1.165, 1.54) is 7.11 Å². The van der Waals surface area contributed by atoms with Crippen LogP contribution in [0.5, 0.6) is 0 Å². The Balaban J connectivity index is 2.51. The number of hydrogen-bond acceptors (Lipinski definition) is 3. The Morgan fingerprint density at radius 2 is 2.06 bits per heavy atom. The third-order valence-corrected chi connectivity index (χ3v) is 3.03. The average molecular weight is 285 g/mol. The smallest absolute Gasteiger partial charge is 0.358 e. The first-order chi connectivity index (χ1) is 8.52. The molecule has 0 saturated heterocycles. The van der Waals surface area contributed by atoms with E-state index >= 15 is 0 Å². The van der Waals surface area contributed by atoms with E-state index in [4.69, 9.17) is 23.2 Å². The van der Waals surface area contributed by atoms with E-state index < -0.39 is 5.97 Å². The van der Waals surface area contributed by atoms with Gasteiger partial charge in [-0.3, -0.25) is 4.68 Å². The van der Waals surface area contributed by atoms with Gasteiger partial charge in [0, 0.05) is 17.6 Å². The summed E-state index contributed by atoms with van der Waals surface area (Å²) in [6.07, 6.45) is 0. The maximum Gasteiger partial charge on any atom is 0.358 e. The van der Waals surface area contributed by atoms with Crippen molar-refractivity contribution in [3.05, 3.63) is 40.0 Å². The van der Waals surface area contributed by atoms with E-state index in [1.807, 2.05) is 0 Å². The number of rotatable bonds is 2. The second-order valence-corrected chi connectivity index (χ2v) is 4.50. The summed E-state index contributed by atoms with van der Waals surface area (Å²) in [5.74, 6) is -0.484. The van der Waals surface area contributed by atoms with Crippen molar-refractivity contribution in [3.8, 4) is 11.3 Å². The molecule has 0 N–H and O–H groups in total. The fourth-order valence-corrected chi connectivity index (χ4v) is 2.13. The van der Waals surface area contributed by atoms with Gasteiger partial charge >= 0.3 is 5.97 Å². The Hall–Kier alpha value is -1.52. The zero-order chi connectivity index (χ0) is 13.3. The van der Waals surface area contributed by atoms with Crippen molar-refractivity contribution in [3.63, 3.8) is 0 Å². The van der Waals surface area contributed by atoms with Crippen LogP contribution >= 0.6 is 23.2 Å². The fourth-order valence-electron chi connectivity index (χ4n) is 1.62. The maximum atomic E-state index is 11.4. The van der Waals surface area contributed by atoms with Gasteiger partial charge in [-0.25, -0.2) is 4.79 Å². The highest BCUT2D eigenvalue weighted by Crippen LogP contribution is 2.30. The molecule has 0 aliphatic heterocycles. The van der Waals surface area contributed by atoms with Crippen molar-refractivity contribution in [1.29, 1.82) is 0 Å².